The normalized spacial score (nSPS) is 18.0. The number of hydrogen-bond acceptors (Lipinski definition) is 7. The molecule has 0 bridgehead atoms. The van der Waals surface area contributed by atoms with Crippen LogP contribution in [0, 0.1) is 11.5 Å². The Kier molecular flexibility index (Phi) is 8.59. The molecule has 2 amide bonds. The molecule has 1 aliphatic rings. The summed E-state index contributed by atoms with van der Waals surface area (Å²) in [4.78, 5) is 38.0. The van der Waals surface area contributed by atoms with Gasteiger partial charge in [-0.2, -0.15) is 0 Å². The first-order valence-electron chi connectivity index (χ1n) is 12.0. The number of anilines is 1. The van der Waals surface area contributed by atoms with Crippen LogP contribution in [0.15, 0.2) is 16.5 Å². The number of rotatable bonds is 6. The second kappa shape index (κ2) is 11.2. The zero-order chi connectivity index (χ0) is 25.8. The molecule has 0 saturated carbocycles. The maximum atomic E-state index is 13.4. The van der Waals surface area contributed by atoms with Crippen LogP contribution >= 0.6 is 0 Å². The zero-order valence-corrected chi connectivity index (χ0v) is 22.6. The quantitative estimate of drug-likeness (QED) is 0.324. The van der Waals surface area contributed by atoms with Crippen molar-refractivity contribution in [3.05, 3.63) is 23.6 Å². The van der Waals surface area contributed by atoms with E-state index in [4.69, 9.17) is 23.7 Å². The summed E-state index contributed by atoms with van der Waals surface area (Å²) in [6, 6.07) is 3.23. The maximum absolute atomic E-state index is 13.4. The number of pyridine rings is 1. The highest BCUT2D eigenvalue weighted by atomic mass is 28.3. The first kappa shape index (κ1) is 26.7. The van der Waals surface area contributed by atoms with E-state index in [-0.39, 0.29) is 30.2 Å². The molecule has 0 aromatic carbocycles. The molecular weight excluding hydrogens is 466 g/mol. The summed E-state index contributed by atoms with van der Waals surface area (Å²) >= 11 is 0. The van der Waals surface area contributed by atoms with Crippen molar-refractivity contribution in [1.29, 1.82) is 0 Å². The number of hydrogen-bond donors (Lipinski definition) is 0. The molecule has 2 aromatic rings. The summed E-state index contributed by atoms with van der Waals surface area (Å²) in [5, 5.41) is 1.05. The minimum Gasteiger partial charge on any atom is -0.449 e. The van der Waals surface area contributed by atoms with Crippen molar-refractivity contribution >= 4 is 36.9 Å². The van der Waals surface area contributed by atoms with Gasteiger partial charge in [0.1, 0.15) is 25.0 Å². The second-order valence-corrected chi connectivity index (χ2v) is 14.2. The van der Waals surface area contributed by atoms with E-state index in [1.807, 2.05) is 6.92 Å². The third-order valence-electron chi connectivity index (χ3n) is 5.69. The molecular formula is C25H35N3O6Si. The minimum absolute atomic E-state index is 0.00391. The first-order chi connectivity index (χ1) is 16.6. The van der Waals surface area contributed by atoms with Gasteiger partial charge in [-0.25, -0.2) is 14.8 Å². The maximum Gasteiger partial charge on any atom is 0.414 e. The molecule has 35 heavy (non-hydrogen) atoms. The number of nitrogens with zero attached hydrogens (tertiary/aromatic N) is 3. The summed E-state index contributed by atoms with van der Waals surface area (Å²) in [5.74, 6) is 2.57. The monoisotopic (exact) mass is 501 g/mol. The Bertz CT molecular complexity index is 1130. The van der Waals surface area contributed by atoms with Gasteiger partial charge in [-0.15, -0.1) is 5.54 Å². The Morgan fingerprint density at radius 2 is 2.00 bits per heavy atom. The van der Waals surface area contributed by atoms with Crippen molar-refractivity contribution in [2.45, 2.75) is 64.9 Å². The van der Waals surface area contributed by atoms with Gasteiger partial charge in [0.2, 0.25) is 5.76 Å². The summed E-state index contributed by atoms with van der Waals surface area (Å²) in [5.41, 5.74) is 4.88. The molecule has 0 aliphatic carbocycles. The van der Waals surface area contributed by atoms with E-state index in [1.165, 1.54) is 19.1 Å². The van der Waals surface area contributed by atoms with Crippen LogP contribution in [-0.4, -0.2) is 69.6 Å². The highest BCUT2D eigenvalue weighted by Crippen LogP contribution is 2.38. The van der Waals surface area contributed by atoms with Gasteiger partial charge in [-0.3, -0.25) is 14.5 Å². The molecule has 1 aliphatic heterocycles. The van der Waals surface area contributed by atoms with Crippen molar-refractivity contribution in [3.8, 4) is 11.5 Å². The van der Waals surface area contributed by atoms with Gasteiger partial charge in [0.15, 0.2) is 5.58 Å². The topological polar surface area (TPSA) is 94.3 Å². The van der Waals surface area contributed by atoms with Crippen LogP contribution in [0.1, 0.15) is 49.4 Å². The van der Waals surface area contributed by atoms with Gasteiger partial charge >= 0.3 is 12.0 Å². The van der Waals surface area contributed by atoms with Gasteiger partial charge in [-0.05, 0) is 38.3 Å². The second-order valence-electron chi connectivity index (χ2n) is 9.46. The number of amides is 2. The molecule has 2 atom stereocenters. The Morgan fingerprint density at radius 1 is 1.26 bits per heavy atom. The zero-order valence-electron chi connectivity index (χ0n) is 21.6. The molecule has 2 aromatic heterocycles. The lowest BCUT2D eigenvalue weighted by atomic mass is 9.99. The average molecular weight is 502 g/mol. The van der Waals surface area contributed by atoms with Gasteiger partial charge in [0, 0.05) is 19.7 Å². The highest BCUT2D eigenvalue weighted by Gasteiger charge is 2.38. The molecule has 9 nitrogen and oxygen atoms in total. The van der Waals surface area contributed by atoms with Crippen molar-refractivity contribution in [3.63, 3.8) is 0 Å². The fraction of sp³-hybridized carbons (Fsp3) is 0.560. The Labute approximate surface area is 207 Å². The molecule has 3 rings (SSSR count). The van der Waals surface area contributed by atoms with Crippen molar-refractivity contribution in [1.82, 2.24) is 10.0 Å². The Hall–Kier alpha value is -2.87. The summed E-state index contributed by atoms with van der Waals surface area (Å²) in [6.07, 6.45) is 1.43. The minimum atomic E-state index is -1.64. The number of fused-ring (bicyclic) bond motifs is 1. The molecule has 0 N–H and O–H groups in total. The van der Waals surface area contributed by atoms with Crippen LogP contribution in [0.2, 0.25) is 19.6 Å². The van der Waals surface area contributed by atoms with E-state index in [9.17, 15) is 9.59 Å². The molecule has 0 unspecified atom stereocenters. The number of furan rings is 1. The van der Waals surface area contributed by atoms with E-state index < -0.39 is 20.1 Å². The van der Waals surface area contributed by atoms with Crippen molar-refractivity contribution in [2.24, 2.45) is 0 Å². The number of hydroxylamine groups is 2. The predicted molar refractivity (Wildman–Crippen MR) is 136 cm³/mol. The number of aromatic nitrogens is 1. The Morgan fingerprint density at radius 3 is 2.63 bits per heavy atom. The largest absolute Gasteiger partial charge is 0.449 e. The van der Waals surface area contributed by atoms with Crippen molar-refractivity contribution in [2.75, 3.05) is 32.3 Å². The highest BCUT2D eigenvalue weighted by molar-refractivity contribution is 6.83. The fourth-order valence-electron chi connectivity index (χ4n) is 3.87. The molecule has 3 heterocycles. The summed E-state index contributed by atoms with van der Waals surface area (Å²) < 4.78 is 17.3. The summed E-state index contributed by atoms with van der Waals surface area (Å²) in [7, 11) is 1.22. The lowest BCUT2D eigenvalue weighted by Crippen LogP contribution is -2.47. The van der Waals surface area contributed by atoms with Crippen LogP contribution in [0.4, 0.5) is 10.5 Å². The van der Waals surface area contributed by atoms with Gasteiger partial charge in [-0.1, -0.05) is 32.5 Å². The fourth-order valence-corrected chi connectivity index (χ4v) is 4.38. The van der Waals surface area contributed by atoms with Crippen LogP contribution in [0.5, 0.6) is 0 Å². The van der Waals surface area contributed by atoms with E-state index in [1.54, 1.807) is 19.1 Å². The third-order valence-corrected chi connectivity index (χ3v) is 6.57. The lowest BCUT2D eigenvalue weighted by Gasteiger charge is -2.36. The van der Waals surface area contributed by atoms with E-state index in [2.05, 4.69) is 31.1 Å². The van der Waals surface area contributed by atoms with Crippen LogP contribution in [-0.2, 0) is 14.3 Å². The molecule has 190 valence electrons. The number of ether oxygens (including phenoxy) is 2. The molecule has 1 fully saturated rings. The standard InChI is InChI=1S/C25H35N3O6Si/c1-8-19-16-18(12-14-33-19)28(25(30)32-9-2)22-21-20(34-23(22)24(29)27(3)31-4)11-10-17(26-21)13-15-35(5,6)7/h10-11,18-19H,8-9,12,14,16H2,1-7H3/t18-,19-/m0/s1. The van der Waals surface area contributed by atoms with Gasteiger partial charge < -0.3 is 13.9 Å². The van der Waals surface area contributed by atoms with E-state index in [0.29, 0.717) is 36.2 Å². The van der Waals surface area contributed by atoms with Crippen molar-refractivity contribution < 1.29 is 28.3 Å². The lowest BCUT2D eigenvalue weighted by molar-refractivity contribution is -0.0772. The Balaban J connectivity index is 2.25. The average Bonchev–Trinajstić information content (AvgIpc) is 3.20. The molecule has 0 radical (unpaired) electrons. The van der Waals surface area contributed by atoms with Crippen LogP contribution in [0.25, 0.3) is 11.1 Å². The predicted octanol–water partition coefficient (Wildman–Crippen LogP) is 4.61. The van der Waals surface area contributed by atoms with E-state index >= 15 is 0 Å². The van der Waals surface area contributed by atoms with Gasteiger partial charge in [0.05, 0.1) is 19.8 Å². The third kappa shape index (κ3) is 6.23. The summed E-state index contributed by atoms with van der Waals surface area (Å²) in [6.45, 7) is 10.9. The SMILES string of the molecule is CCOC(=O)N(c1c(C(=O)N(C)OC)oc2ccc(C#C[Si](C)(C)C)nc12)[C@H]1CCO[C@@H](CC)C1. The van der Waals surface area contributed by atoms with Crippen LogP contribution < -0.4 is 4.90 Å². The van der Waals surface area contributed by atoms with Gasteiger partial charge in [0.25, 0.3) is 0 Å². The molecule has 1 saturated heterocycles. The number of carbonyl (C=O) groups excluding carboxylic acids is 2. The first-order valence-corrected chi connectivity index (χ1v) is 15.5. The smallest absolute Gasteiger partial charge is 0.414 e. The van der Waals surface area contributed by atoms with Crippen LogP contribution in [0.3, 0.4) is 0 Å². The number of carbonyl (C=O) groups is 2. The molecule has 10 heteroatoms. The van der Waals surface area contributed by atoms with E-state index in [0.717, 1.165) is 11.5 Å². The molecule has 0 spiro atoms.